The van der Waals surface area contributed by atoms with E-state index in [1.165, 1.54) is 16.3 Å². The molecule has 2 N–H and O–H groups in total. The molecule has 1 aromatic heterocycles. The Bertz CT molecular complexity index is 880. The van der Waals surface area contributed by atoms with E-state index in [0.29, 0.717) is 5.82 Å². The number of carbonyl (C=O) groups excluding carboxylic acids is 2. The molecule has 1 aromatic carbocycles. The average Bonchev–Trinajstić information content (AvgIpc) is 3.03. The summed E-state index contributed by atoms with van der Waals surface area (Å²) in [7, 11) is 3.13. The van der Waals surface area contributed by atoms with Gasteiger partial charge in [0.2, 0.25) is 5.91 Å². The van der Waals surface area contributed by atoms with Crippen LogP contribution < -0.4 is 21.2 Å². The highest BCUT2D eigenvalue weighted by atomic mass is 16.2. The van der Waals surface area contributed by atoms with Crippen molar-refractivity contribution in [3.63, 3.8) is 0 Å². The summed E-state index contributed by atoms with van der Waals surface area (Å²) in [6.45, 7) is 3.83. The van der Waals surface area contributed by atoms with Gasteiger partial charge in [-0.25, -0.2) is 9.48 Å². The van der Waals surface area contributed by atoms with Crippen molar-refractivity contribution in [2.75, 3.05) is 38.1 Å². The zero-order valence-corrected chi connectivity index (χ0v) is 16.2. The van der Waals surface area contributed by atoms with Gasteiger partial charge < -0.3 is 20.3 Å². The summed E-state index contributed by atoms with van der Waals surface area (Å²) >= 11 is 0. The number of nitrogens with one attached hydrogen (secondary N) is 2. The average molecular weight is 386 g/mol. The number of carbonyl (C=O) groups is 2. The van der Waals surface area contributed by atoms with Gasteiger partial charge in [0.15, 0.2) is 5.82 Å². The minimum atomic E-state index is -0.817. The van der Waals surface area contributed by atoms with Gasteiger partial charge in [-0.1, -0.05) is 0 Å². The molecule has 1 unspecified atom stereocenters. The van der Waals surface area contributed by atoms with Crippen LogP contribution in [0.3, 0.4) is 0 Å². The van der Waals surface area contributed by atoms with Crippen LogP contribution in [0.15, 0.2) is 29.1 Å². The first-order valence-corrected chi connectivity index (χ1v) is 9.43. The fraction of sp³-hybridized carbons (Fsp3) is 0.474. The number of amides is 1. The Morgan fingerprint density at radius 1 is 1.29 bits per heavy atom. The molecule has 150 valence electrons. The number of likely N-dealkylation sites (N-methyl/N-ethyl adjacent to an activating group) is 1. The SMILES string of the molecule is CNC(=O)C(CCC=O)n1nc(-c2ccc(N3CCNCC3)cc2)n(C)c1=O. The van der Waals surface area contributed by atoms with Crippen molar-refractivity contribution in [3.8, 4) is 11.4 Å². The number of nitrogens with zero attached hydrogens (tertiary/aromatic N) is 4. The van der Waals surface area contributed by atoms with Crippen LogP contribution in [0, 0.1) is 0 Å². The van der Waals surface area contributed by atoms with Crippen LogP contribution in [0.4, 0.5) is 5.69 Å². The highest BCUT2D eigenvalue weighted by molar-refractivity contribution is 5.80. The van der Waals surface area contributed by atoms with Gasteiger partial charge in [-0.15, -0.1) is 5.10 Å². The van der Waals surface area contributed by atoms with Crippen molar-refractivity contribution < 1.29 is 9.59 Å². The van der Waals surface area contributed by atoms with Crippen LogP contribution in [0.1, 0.15) is 18.9 Å². The van der Waals surface area contributed by atoms with E-state index in [-0.39, 0.29) is 24.4 Å². The minimum Gasteiger partial charge on any atom is -0.369 e. The maximum absolute atomic E-state index is 12.7. The third-order valence-corrected chi connectivity index (χ3v) is 5.01. The van der Waals surface area contributed by atoms with E-state index in [1.807, 2.05) is 24.3 Å². The molecule has 3 rings (SSSR count). The van der Waals surface area contributed by atoms with Gasteiger partial charge in [0.05, 0.1) is 0 Å². The second kappa shape index (κ2) is 8.83. The molecule has 0 bridgehead atoms. The first-order valence-electron chi connectivity index (χ1n) is 9.43. The van der Waals surface area contributed by atoms with Gasteiger partial charge in [0, 0.05) is 57.9 Å². The number of piperazine rings is 1. The van der Waals surface area contributed by atoms with Crippen LogP contribution in [0.5, 0.6) is 0 Å². The Hall–Kier alpha value is -2.94. The third kappa shape index (κ3) is 3.99. The number of aldehydes is 1. The highest BCUT2D eigenvalue weighted by Crippen LogP contribution is 2.22. The van der Waals surface area contributed by atoms with Crippen LogP contribution in [0.25, 0.3) is 11.4 Å². The molecule has 0 saturated carbocycles. The topological polar surface area (TPSA) is 101 Å². The molecule has 2 aromatic rings. The fourth-order valence-electron chi connectivity index (χ4n) is 3.41. The molecular formula is C19H26N6O3. The maximum atomic E-state index is 12.7. The van der Waals surface area contributed by atoms with Crippen LogP contribution >= 0.6 is 0 Å². The second-order valence-corrected chi connectivity index (χ2v) is 6.77. The number of benzene rings is 1. The lowest BCUT2D eigenvalue weighted by atomic mass is 10.1. The van der Waals surface area contributed by atoms with E-state index < -0.39 is 6.04 Å². The third-order valence-electron chi connectivity index (χ3n) is 5.01. The summed E-state index contributed by atoms with van der Waals surface area (Å²) in [5.74, 6) is 0.138. The molecule has 0 spiro atoms. The molecule has 28 heavy (non-hydrogen) atoms. The molecule has 0 aliphatic carbocycles. The van der Waals surface area contributed by atoms with E-state index in [9.17, 15) is 14.4 Å². The number of rotatable bonds is 7. The zero-order chi connectivity index (χ0) is 20.1. The predicted molar refractivity (Wildman–Crippen MR) is 106 cm³/mol. The number of aromatic nitrogens is 3. The lowest BCUT2D eigenvalue weighted by Gasteiger charge is -2.29. The molecule has 1 aliphatic rings. The Balaban J connectivity index is 1.90. The normalized spacial score (nSPS) is 15.3. The van der Waals surface area contributed by atoms with Crippen molar-refractivity contribution in [1.82, 2.24) is 25.0 Å². The molecule has 1 fully saturated rings. The summed E-state index contributed by atoms with van der Waals surface area (Å²) < 4.78 is 2.60. The number of hydrogen-bond donors (Lipinski definition) is 2. The maximum Gasteiger partial charge on any atom is 0.346 e. The van der Waals surface area contributed by atoms with Crippen molar-refractivity contribution in [2.45, 2.75) is 18.9 Å². The van der Waals surface area contributed by atoms with Crippen LogP contribution in [-0.4, -0.2) is 59.8 Å². The van der Waals surface area contributed by atoms with Crippen molar-refractivity contribution in [1.29, 1.82) is 0 Å². The standard InChI is InChI=1S/C19H26N6O3/c1-20-18(27)16(4-3-13-26)25-19(28)23(2)17(22-25)14-5-7-15(8-6-14)24-11-9-21-10-12-24/h5-8,13,16,21H,3-4,9-12H2,1-2H3,(H,20,27). The van der Waals surface area contributed by atoms with Crippen molar-refractivity contribution >= 4 is 17.9 Å². The predicted octanol–water partition coefficient (Wildman–Crippen LogP) is -0.0754. The summed E-state index contributed by atoms with van der Waals surface area (Å²) in [5, 5.41) is 10.3. The first kappa shape index (κ1) is 19.8. The molecule has 0 radical (unpaired) electrons. The van der Waals surface area contributed by atoms with Gasteiger partial charge in [0.1, 0.15) is 12.3 Å². The van der Waals surface area contributed by atoms with E-state index in [1.54, 1.807) is 7.05 Å². The molecule has 2 heterocycles. The van der Waals surface area contributed by atoms with Gasteiger partial charge in [-0.3, -0.25) is 9.36 Å². The highest BCUT2D eigenvalue weighted by Gasteiger charge is 2.25. The van der Waals surface area contributed by atoms with Gasteiger partial charge in [0.25, 0.3) is 0 Å². The smallest absolute Gasteiger partial charge is 0.346 e. The van der Waals surface area contributed by atoms with E-state index in [4.69, 9.17) is 0 Å². The molecule has 9 nitrogen and oxygen atoms in total. The molecular weight excluding hydrogens is 360 g/mol. The Kier molecular flexibility index (Phi) is 6.25. The van der Waals surface area contributed by atoms with E-state index in [0.717, 1.165) is 43.7 Å². The molecule has 1 aliphatic heterocycles. The molecule has 1 saturated heterocycles. The quantitative estimate of drug-likeness (QED) is 0.646. The molecule has 1 atom stereocenters. The number of hydrogen-bond acceptors (Lipinski definition) is 6. The monoisotopic (exact) mass is 386 g/mol. The Labute approximate surface area is 163 Å². The van der Waals surface area contributed by atoms with Crippen molar-refractivity contribution in [3.05, 3.63) is 34.7 Å². The molecule has 1 amide bonds. The zero-order valence-electron chi connectivity index (χ0n) is 16.2. The fourth-order valence-corrected chi connectivity index (χ4v) is 3.41. The van der Waals surface area contributed by atoms with Gasteiger partial charge in [-0.05, 0) is 30.7 Å². The first-order chi connectivity index (χ1) is 13.6. The minimum absolute atomic E-state index is 0.176. The Morgan fingerprint density at radius 2 is 1.96 bits per heavy atom. The van der Waals surface area contributed by atoms with Crippen LogP contribution in [-0.2, 0) is 16.6 Å². The Morgan fingerprint density at radius 3 is 2.57 bits per heavy atom. The molecule has 9 heteroatoms. The summed E-state index contributed by atoms with van der Waals surface area (Å²) in [5.41, 5.74) is 1.54. The second-order valence-electron chi connectivity index (χ2n) is 6.77. The summed E-state index contributed by atoms with van der Waals surface area (Å²) in [6, 6.07) is 7.09. The van der Waals surface area contributed by atoms with E-state index >= 15 is 0 Å². The van der Waals surface area contributed by atoms with Crippen LogP contribution in [0.2, 0.25) is 0 Å². The van der Waals surface area contributed by atoms with Crippen molar-refractivity contribution in [2.24, 2.45) is 7.05 Å². The van der Waals surface area contributed by atoms with E-state index in [2.05, 4.69) is 20.6 Å². The largest absolute Gasteiger partial charge is 0.369 e. The lowest BCUT2D eigenvalue weighted by molar-refractivity contribution is -0.124. The summed E-state index contributed by atoms with van der Waals surface area (Å²) in [6.07, 6.45) is 1.14. The lowest BCUT2D eigenvalue weighted by Crippen LogP contribution is -2.43. The van der Waals surface area contributed by atoms with Gasteiger partial charge >= 0.3 is 5.69 Å². The summed E-state index contributed by atoms with van der Waals surface area (Å²) in [4.78, 5) is 37.9. The number of anilines is 1. The van der Waals surface area contributed by atoms with Gasteiger partial charge in [-0.2, -0.15) is 0 Å².